The number of carbonyl (C=O) groups is 2. The number of halogens is 2. The third-order valence-electron chi connectivity index (χ3n) is 5.72. The summed E-state index contributed by atoms with van der Waals surface area (Å²) in [5.74, 6) is -3.91. The molecule has 0 fully saturated rings. The van der Waals surface area contributed by atoms with Crippen molar-refractivity contribution in [2.75, 3.05) is 5.01 Å². The van der Waals surface area contributed by atoms with E-state index < -0.39 is 70.8 Å². The minimum atomic E-state index is -5.06. The average molecular weight is 768 g/mol. The maximum absolute atomic E-state index is 12.9. The Hall–Kier alpha value is -1.60. The summed E-state index contributed by atoms with van der Waals surface area (Å²) in [4.78, 5) is 38.8. The van der Waals surface area contributed by atoms with Crippen LogP contribution < -0.4 is 109 Å². The van der Waals surface area contributed by atoms with E-state index in [2.05, 4.69) is 25.4 Å². The van der Waals surface area contributed by atoms with Crippen LogP contribution in [0.1, 0.15) is 6.42 Å². The van der Waals surface area contributed by atoms with Gasteiger partial charge in [0.25, 0.3) is 21.6 Å². The zero-order valence-corrected chi connectivity index (χ0v) is 34.0. The second-order valence-corrected chi connectivity index (χ2v) is 12.3. The van der Waals surface area contributed by atoms with Crippen molar-refractivity contribution in [2.45, 2.75) is 28.8 Å². The molecule has 1 N–H and O–H groups in total. The molecule has 1 atom stereocenters. The van der Waals surface area contributed by atoms with Gasteiger partial charge in [0.2, 0.25) is 0 Å². The van der Waals surface area contributed by atoms with E-state index in [1.54, 1.807) is 0 Å². The first-order valence-corrected chi connectivity index (χ1v) is 15.5. The molecule has 236 valence electrons. The Labute approximate surface area is 347 Å². The van der Waals surface area contributed by atoms with Crippen LogP contribution in [-0.2, 0) is 36.4 Å². The van der Waals surface area contributed by atoms with E-state index in [1.165, 1.54) is 0 Å². The second-order valence-electron chi connectivity index (χ2n) is 8.71. The van der Waals surface area contributed by atoms with Crippen molar-refractivity contribution in [3.63, 3.8) is 0 Å². The number of nitrogens with zero attached hydrogens (tertiary/aromatic N) is 7. The first-order valence-electron chi connectivity index (χ1n) is 11.8. The number of carbonyl (C=O) groups excluding carboxylic acids is 2. The molecule has 1 aliphatic rings. The summed E-state index contributed by atoms with van der Waals surface area (Å²) >= 11 is 11.5. The Bertz CT molecular complexity index is 2100. The SMILES string of the molecule is O=C([O-])C1=NN(c2ccc(S(=O)(=O)[O-])cc2)C(=O)C1N=Nc1ccc(N=C([O-])CCn2ncc(Cl)c(Cl)c2=O)cc1S(=O)(=O)O.[Na+].[Na+].[Na+]. The number of carboxylic acid groups (broad SMARTS) is 1. The molecule has 0 saturated heterocycles. The van der Waals surface area contributed by atoms with Gasteiger partial charge in [-0.2, -0.15) is 33.9 Å². The topological polar surface area (TPSA) is 279 Å². The number of aryl methyl sites for hydroxylation is 1. The number of hydrogen-bond donors (Lipinski definition) is 1. The summed E-state index contributed by atoms with van der Waals surface area (Å²) in [7, 11) is -9.88. The molecule has 3 aromatic rings. The minimum Gasteiger partial charge on any atom is -0.862 e. The third-order valence-corrected chi connectivity index (χ3v) is 8.21. The van der Waals surface area contributed by atoms with Crippen LogP contribution in [-0.4, -0.2) is 65.2 Å². The van der Waals surface area contributed by atoms with Crippen molar-refractivity contribution in [3.8, 4) is 0 Å². The van der Waals surface area contributed by atoms with Gasteiger partial charge in [-0.3, -0.25) is 19.1 Å². The summed E-state index contributed by atoms with van der Waals surface area (Å²) < 4.78 is 68.1. The van der Waals surface area contributed by atoms with Crippen molar-refractivity contribution in [3.05, 3.63) is 69.1 Å². The predicted molar refractivity (Wildman–Crippen MR) is 149 cm³/mol. The molecule has 0 radical (unpaired) electrons. The number of amides is 1. The van der Waals surface area contributed by atoms with Crippen LogP contribution in [0.4, 0.5) is 17.1 Å². The molecule has 1 aliphatic heterocycles. The van der Waals surface area contributed by atoms with Gasteiger partial charge in [-0.1, -0.05) is 23.2 Å². The Kier molecular flexibility index (Phi) is 16.7. The Morgan fingerprint density at radius 3 is 2.19 bits per heavy atom. The van der Waals surface area contributed by atoms with Gasteiger partial charge in [-0.25, -0.2) is 13.1 Å². The normalized spacial score (nSPS) is 15.0. The zero-order chi connectivity index (χ0) is 33.3. The monoisotopic (exact) mass is 767 g/mol. The number of aliphatic imine (C=N–C) groups is 1. The fraction of sp³-hybridized carbons (Fsp3) is 0.130. The van der Waals surface area contributed by atoms with Gasteiger partial charge in [0.05, 0.1) is 33.5 Å². The van der Waals surface area contributed by atoms with Crippen molar-refractivity contribution in [1.29, 1.82) is 0 Å². The summed E-state index contributed by atoms with van der Waals surface area (Å²) in [6.07, 6.45) is 0.716. The summed E-state index contributed by atoms with van der Waals surface area (Å²) in [5, 5.41) is 38.6. The first-order chi connectivity index (χ1) is 21.0. The number of aromatic nitrogens is 2. The molecule has 0 spiro atoms. The van der Waals surface area contributed by atoms with E-state index in [0.29, 0.717) is 5.01 Å². The van der Waals surface area contributed by atoms with Gasteiger partial charge < -0.3 is 19.6 Å². The molecule has 2 aromatic carbocycles. The zero-order valence-electron chi connectivity index (χ0n) is 24.8. The fourth-order valence-corrected chi connectivity index (χ4v) is 5.01. The van der Waals surface area contributed by atoms with Crippen LogP contribution in [0.3, 0.4) is 0 Å². The van der Waals surface area contributed by atoms with E-state index in [4.69, 9.17) is 23.2 Å². The molecule has 48 heavy (non-hydrogen) atoms. The molecule has 2 heterocycles. The standard InChI is InChI=1S/C23H17Cl2N7O11S2.3Na/c24-14-10-26-31(21(34)18(14)25)8-7-17(33)27-11-1-6-15(16(9-11)45(41,42)43)28-29-19-20(23(36)37)30-32(22(19)35)12-2-4-13(5-3-12)44(38,39)40;;;/h1-6,9-10,19H,7-8H2,(H,27,33)(H,36,37)(H,38,39,40)(H,41,42,43);;;/q;3*+1/p-3. The Morgan fingerprint density at radius 2 is 1.62 bits per heavy atom. The molecule has 1 amide bonds. The number of hydrazone groups is 1. The van der Waals surface area contributed by atoms with Gasteiger partial charge in [0.1, 0.15) is 31.4 Å². The molecule has 4 rings (SSSR count). The van der Waals surface area contributed by atoms with Crippen LogP contribution in [0.15, 0.2) is 83.6 Å². The number of hydrogen-bond acceptors (Lipinski definition) is 15. The molecule has 0 aliphatic carbocycles. The van der Waals surface area contributed by atoms with Crippen LogP contribution in [0.25, 0.3) is 0 Å². The largest absolute Gasteiger partial charge is 1.00 e. The van der Waals surface area contributed by atoms with E-state index in [0.717, 1.165) is 53.3 Å². The molecule has 1 aromatic heterocycles. The molecule has 1 unspecified atom stereocenters. The second kappa shape index (κ2) is 18.1. The Morgan fingerprint density at radius 1 is 1.00 bits per heavy atom. The van der Waals surface area contributed by atoms with Crippen LogP contribution in [0.5, 0.6) is 0 Å². The first kappa shape index (κ1) is 44.4. The van der Waals surface area contributed by atoms with Crippen LogP contribution in [0.2, 0.25) is 10.0 Å². The minimum absolute atomic E-state index is 0. The number of benzene rings is 2. The number of anilines is 1. The molecular weight excluding hydrogens is 754 g/mol. The van der Waals surface area contributed by atoms with Gasteiger partial charge in [0.15, 0.2) is 6.04 Å². The van der Waals surface area contributed by atoms with Crippen LogP contribution in [0, 0.1) is 0 Å². The van der Waals surface area contributed by atoms with E-state index in [9.17, 15) is 50.5 Å². The van der Waals surface area contributed by atoms with Crippen molar-refractivity contribution in [2.24, 2.45) is 20.3 Å². The van der Waals surface area contributed by atoms with Gasteiger partial charge >= 0.3 is 88.7 Å². The van der Waals surface area contributed by atoms with Gasteiger partial charge in [0, 0.05) is 6.54 Å². The smallest absolute Gasteiger partial charge is 0.862 e. The fourth-order valence-electron chi connectivity index (χ4n) is 3.63. The summed E-state index contributed by atoms with van der Waals surface area (Å²) in [5.41, 5.74) is -2.74. The quantitative estimate of drug-likeness (QED) is 0.0662. The molecule has 0 saturated carbocycles. The van der Waals surface area contributed by atoms with Crippen LogP contribution >= 0.6 is 23.2 Å². The maximum atomic E-state index is 12.9. The third kappa shape index (κ3) is 10.7. The average Bonchev–Trinajstić information content (AvgIpc) is 3.30. The van der Waals surface area contributed by atoms with E-state index in [-0.39, 0.29) is 123 Å². The Balaban J connectivity index is 0.00000384. The van der Waals surface area contributed by atoms with E-state index >= 15 is 0 Å². The van der Waals surface area contributed by atoms with Gasteiger partial charge in [-0.15, -0.1) is 0 Å². The number of rotatable bonds is 10. The molecule has 0 bridgehead atoms. The molecule has 25 heteroatoms. The maximum Gasteiger partial charge on any atom is 1.00 e. The summed E-state index contributed by atoms with van der Waals surface area (Å²) in [6.45, 7) is -0.258. The predicted octanol–water partition coefficient (Wildman–Crippen LogP) is -9.20. The van der Waals surface area contributed by atoms with Crippen molar-refractivity contribution in [1.82, 2.24) is 9.78 Å². The summed E-state index contributed by atoms with van der Waals surface area (Å²) in [6, 6.07) is 4.51. The number of aliphatic carboxylic acids is 1. The molecular formula is C23H14Cl2N7Na3O11S2. The van der Waals surface area contributed by atoms with Crippen molar-refractivity contribution >= 4 is 84.0 Å². The van der Waals surface area contributed by atoms with Crippen molar-refractivity contribution < 1.29 is 134 Å². The number of azo groups is 1. The number of carboxylic acids is 1. The van der Waals surface area contributed by atoms with E-state index in [1.807, 2.05) is 0 Å². The van der Waals surface area contributed by atoms with Gasteiger partial charge in [-0.05, 0) is 54.8 Å². The molecule has 18 nitrogen and oxygen atoms in total.